The molecule has 0 saturated heterocycles. The second kappa shape index (κ2) is 10.7. The summed E-state index contributed by atoms with van der Waals surface area (Å²) in [5.74, 6) is -6.27. The van der Waals surface area contributed by atoms with Crippen molar-refractivity contribution in [2.24, 2.45) is 11.8 Å². The van der Waals surface area contributed by atoms with Crippen molar-refractivity contribution >= 4 is 34.8 Å². The van der Waals surface area contributed by atoms with E-state index in [2.05, 4.69) is 22.3 Å². The molecule has 2 aromatic rings. The SMILES string of the molecule is CNC(=O)C1=C(O)[C@@]2(O)C(=O)C3=C(O)c4c(O)cc(CN(C)C5Cc6ccccc6C5)c(Cl)c4C[C@H]3C[C@H]2[C@H](N(C)C)C1=O. The number of hydrogen-bond donors (Lipinski definition) is 5. The molecule has 2 aromatic carbocycles. The number of carbonyl (C=O) groups excluding carboxylic acids is 3. The number of ketones is 2. The summed E-state index contributed by atoms with van der Waals surface area (Å²) in [6, 6.07) is 8.98. The third kappa shape index (κ3) is 4.30. The maximum Gasteiger partial charge on any atom is 0.258 e. The standard InChI is InChI=1S/C33H36ClN3O7/c1-35-32(43)25-29(40)27(36(2)3)21-12-17-11-20-24(28(39)23(17)30(41)33(21,44)31(25)42)22(38)13-18(26(20)34)14-37(4)19-9-15-7-5-6-8-16(15)10-19/h5-8,13,17,19,21,27,38-39,42,44H,9-12,14H2,1-4H3,(H,35,43)/t17-,21-,27-,33-/m0/s1. The lowest BCUT2D eigenvalue weighted by molar-refractivity contribution is -0.153. The number of benzene rings is 2. The number of aliphatic hydroxyl groups is 3. The van der Waals surface area contributed by atoms with Gasteiger partial charge in [-0.3, -0.25) is 24.2 Å². The summed E-state index contributed by atoms with van der Waals surface area (Å²) < 4.78 is 0. The molecule has 0 heterocycles. The van der Waals surface area contributed by atoms with E-state index in [1.54, 1.807) is 14.1 Å². The number of phenolic OH excluding ortho intramolecular Hbond substituents is 1. The van der Waals surface area contributed by atoms with E-state index < -0.39 is 58.0 Å². The average Bonchev–Trinajstić information content (AvgIpc) is 3.42. The highest BCUT2D eigenvalue weighted by Gasteiger charge is 2.64. The molecule has 44 heavy (non-hydrogen) atoms. The Morgan fingerprint density at radius 2 is 1.70 bits per heavy atom. The number of phenols is 1. The number of rotatable bonds is 5. The van der Waals surface area contributed by atoms with Gasteiger partial charge in [0.05, 0.1) is 11.6 Å². The van der Waals surface area contributed by atoms with Gasteiger partial charge >= 0.3 is 0 Å². The van der Waals surface area contributed by atoms with Crippen molar-refractivity contribution in [3.8, 4) is 5.75 Å². The number of aromatic hydroxyl groups is 1. The van der Waals surface area contributed by atoms with E-state index in [0.717, 1.165) is 12.8 Å². The van der Waals surface area contributed by atoms with Crippen LogP contribution in [0.3, 0.4) is 0 Å². The minimum absolute atomic E-state index is 0.00219. The first kappa shape index (κ1) is 30.3. The molecule has 1 amide bonds. The fourth-order valence-corrected chi connectivity index (χ4v) is 8.10. The van der Waals surface area contributed by atoms with E-state index in [9.17, 15) is 34.8 Å². The van der Waals surface area contributed by atoms with E-state index >= 15 is 0 Å². The number of amides is 1. The Morgan fingerprint density at radius 3 is 2.30 bits per heavy atom. The molecule has 232 valence electrons. The Bertz CT molecular complexity index is 1660. The molecule has 1 saturated carbocycles. The lowest BCUT2D eigenvalue weighted by atomic mass is 9.57. The molecule has 6 rings (SSSR count). The summed E-state index contributed by atoms with van der Waals surface area (Å²) in [5.41, 5.74) is 0.270. The number of halogens is 1. The highest BCUT2D eigenvalue weighted by atomic mass is 35.5. The fraction of sp³-hybridized carbons (Fsp3) is 0.424. The van der Waals surface area contributed by atoms with Gasteiger partial charge in [0.25, 0.3) is 5.91 Å². The van der Waals surface area contributed by atoms with Crippen LogP contribution in [0.15, 0.2) is 47.2 Å². The molecule has 0 spiro atoms. The molecule has 10 nitrogen and oxygen atoms in total. The minimum Gasteiger partial charge on any atom is -0.508 e. The summed E-state index contributed by atoms with van der Waals surface area (Å²) in [6.45, 7) is 0.444. The molecule has 4 atom stereocenters. The largest absolute Gasteiger partial charge is 0.508 e. The predicted octanol–water partition coefficient (Wildman–Crippen LogP) is 2.48. The third-order valence-electron chi connectivity index (χ3n) is 10.0. The van der Waals surface area contributed by atoms with Crippen molar-refractivity contribution in [1.82, 2.24) is 15.1 Å². The van der Waals surface area contributed by atoms with Crippen molar-refractivity contribution < 1.29 is 34.8 Å². The van der Waals surface area contributed by atoms with Crippen LogP contribution in [-0.2, 0) is 40.2 Å². The average molecular weight is 622 g/mol. The molecule has 1 fully saturated rings. The predicted molar refractivity (Wildman–Crippen MR) is 163 cm³/mol. The number of hydrogen-bond acceptors (Lipinski definition) is 9. The van der Waals surface area contributed by atoms with Crippen molar-refractivity contribution in [3.63, 3.8) is 0 Å². The van der Waals surface area contributed by atoms with Gasteiger partial charge in [-0.2, -0.15) is 0 Å². The van der Waals surface area contributed by atoms with Gasteiger partial charge in [-0.15, -0.1) is 0 Å². The van der Waals surface area contributed by atoms with Crippen LogP contribution < -0.4 is 5.32 Å². The van der Waals surface area contributed by atoms with Crippen LogP contribution in [0.1, 0.15) is 34.2 Å². The first-order valence-corrected chi connectivity index (χ1v) is 15.1. The van der Waals surface area contributed by atoms with E-state index in [4.69, 9.17) is 11.6 Å². The first-order chi connectivity index (χ1) is 20.8. The Morgan fingerprint density at radius 1 is 1.07 bits per heavy atom. The van der Waals surface area contributed by atoms with Crippen LogP contribution in [-0.4, -0.2) is 93.6 Å². The quantitative estimate of drug-likeness (QED) is 0.317. The Labute approximate surface area is 260 Å². The van der Waals surface area contributed by atoms with E-state index in [0.29, 0.717) is 22.7 Å². The summed E-state index contributed by atoms with van der Waals surface area (Å²) >= 11 is 6.97. The molecule has 0 aliphatic heterocycles. The fourth-order valence-electron chi connectivity index (χ4n) is 7.81. The monoisotopic (exact) mass is 621 g/mol. The summed E-state index contributed by atoms with van der Waals surface area (Å²) in [5, 5.41) is 48.3. The summed E-state index contributed by atoms with van der Waals surface area (Å²) in [6.07, 6.45) is 1.99. The number of nitrogens with one attached hydrogen (secondary N) is 1. The smallest absolute Gasteiger partial charge is 0.258 e. The zero-order valence-corrected chi connectivity index (χ0v) is 25.8. The summed E-state index contributed by atoms with van der Waals surface area (Å²) in [4.78, 5) is 43.9. The Kier molecular flexibility index (Phi) is 7.40. The molecular formula is C33H36ClN3O7. The van der Waals surface area contributed by atoms with Crippen molar-refractivity contribution in [3.05, 3.63) is 80.1 Å². The van der Waals surface area contributed by atoms with Crippen LogP contribution in [0.4, 0.5) is 0 Å². The second-order valence-electron chi connectivity index (χ2n) is 12.6. The molecule has 0 aromatic heterocycles. The zero-order valence-electron chi connectivity index (χ0n) is 25.0. The molecule has 0 radical (unpaired) electrons. The van der Waals surface area contributed by atoms with Gasteiger partial charge in [0, 0.05) is 36.1 Å². The minimum atomic E-state index is -2.64. The maximum absolute atomic E-state index is 14.1. The highest BCUT2D eigenvalue weighted by Crippen LogP contribution is 2.53. The van der Waals surface area contributed by atoms with Gasteiger partial charge in [0.2, 0.25) is 5.78 Å². The van der Waals surface area contributed by atoms with Gasteiger partial charge in [-0.1, -0.05) is 35.9 Å². The van der Waals surface area contributed by atoms with Crippen molar-refractivity contribution in [2.75, 3.05) is 28.2 Å². The number of fused-ring (bicyclic) bond motifs is 4. The van der Waals surface area contributed by atoms with Gasteiger partial charge in [-0.05, 0) is 81.1 Å². The van der Waals surface area contributed by atoms with Crippen LogP contribution in [0.25, 0.3) is 5.76 Å². The van der Waals surface area contributed by atoms with Crippen LogP contribution in [0.2, 0.25) is 5.02 Å². The number of carbonyl (C=O) groups is 3. The molecule has 0 unspecified atom stereocenters. The molecule has 11 heteroatoms. The second-order valence-corrected chi connectivity index (χ2v) is 13.0. The topological polar surface area (TPSA) is 151 Å². The highest BCUT2D eigenvalue weighted by molar-refractivity contribution is 6.32. The Balaban J connectivity index is 1.39. The third-order valence-corrected chi connectivity index (χ3v) is 10.5. The van der Waals surface area contributed by atoms with Gasteiger partial charge < -0.3 is 25.7 Å². The van der Waals surface area contributed by atoms with Crippen LogP contribution in [0, 0.1) is 11.8 Å². The zero-order chi connectivity index (χ0) is 31.8. The molecule has 4 aliphatic carbocycles. The molecule has 4 aliphatic rings. The van der Waals surface area contributed by atoms with Crippen LogP contribution >= 0.6 is 11.6 Å². The van der Waals surface area contributed by atoms with Crippen molar-refractivity contribution in [2.45, 2.75) is 49.9 Å². The molecular weight excluding hydrogens is 586 g/mol. The summed E-state index contributed by atoms with van der Waals surface area (Å²) in [7, 11) is 6.47. The van der Waals surface area contributed by atoms with E-state index in [1.807, 2.05) is 19.2 Å². The maximum atomic E-state index is 14.1. The number of likely N-dealkylation sites (N-methyl/N-ethyl adjacent to an activating group) is 3. The van der Waals surface area contributed by atoms with Gasteiger partial charge in [0.15, 0.2) is 11.4 Å². The van der Waals surface area contributed by atoms with Crippen LogP contribution in [0.5, 0.6) is 5.75 Å². The number of Topliss-reactive ketones (excluding diaryl/α,β-unsaturated/α-hetero) is 2. The normalized spacial score (nSPS) is 26.6. The molecule has 0 bridgehead atoms. The van der Waals surface area contributed by atoms with E-state index in [1.165, 1.54) is 29.1 Å². The first-order valence-electron chi connectivity index (χ1n) is 14.7. The Hall–Kier alpha value is -3.70. The molecule has 5 N–H and O–H groups in total. The van der Waals surface area contributed by atoms with Crippen molar-refractivity contribution in [1.29, 1.82) is 0 Å². The van der Waals surface area contributed by atoms with Gasteiger partial charge in [0.1, 0.15) is 22.8 Å². The lowest BCUT2D eigenvalue weighted by Crippen LogP contribution is -2.65. The lowest BCUT2D eigenvalue weighted by Gasteiger charge is -2.50. The van der Waals surface area contributed by atoms with E-state index in [-0.39, 0.29) is 35.8 Å². The number of aliphatic hydroxyl groups excluding tert-OH is 2. The van der Waals surface area contributed by atoms with Gasteiger partial charge in [-0.25, -0.2) is 0 Å². The number of nitrogens with zero attached hydrogens (tertiary/aromatic N) is 2.